The lowest BCUT2D eigenvalue weighted by atomic mass is 9.85. The Labute approximate surface area is 119 Å². The van der Waals surface area contributed by atoms with Crippen molar-refractivity contribution in [3.8, 4) is 0 Å². The molecule has 1 aliphatic rings. The average molecular weight is 265 g/mol. The first-order valence-corrected chi connectivity index (χ1v) is 7.27. The second-order valence-corrected chi connectivity index (χ2v) is 5.28. The molecular weight excluding hydrogens is 246 g/mol. The fourth-order valence-electron chi connectivity index (χ4n) is 3.04. The number of carbonyl (C=O) groups excluding carboxylic acids is 1. The minimum absolute atomic E-state index is 0.0127. The van der Waals surface area contributed by atoms with Gasteiger partial charge in [-0.05, 0) is 41.7 Å². The molecule has 20 heavy (non-hydrogen) atoms. The summed E-state index contributed by atoms with van der Waals surface area (Å²) in [7, 11) is 0. The van der Waals surface area contributed by atoms with E-state index >= 15 is 0 Å². The molecule has 102 valence electrons. The molecule has 0 saturated heterocycles. The highest BCUT2D eigenvalue weighted by Crippen LogP contribution is 2.37. The van der Waals surface area contributed by atoms with Crippen LogP contribution in [0.2, 0.25) is 0 Å². The number of fused-ring (bicyclic) bond motifs is 2. The van der Waals surface area contributed by atoms with Crippen LogP contribution in [0.5, 0.6) is 0 Å². The molecule has 0 fully saturated rings. The molecule has 2 aromatic carbocycles. The molecule has 0 aliphatic carbocycles. The monoisotopic (exact) mass is 265 g/mol. The first-order valence-electron chi connectivity index (χ1n) is 7.27. The Morgan fingerprint density at radius 3 is 2.60 bits per heavy atom. The Morgan fingerprint density at radius 1 is 1.05 bits per heavy atom. The van der Waals surface area contributed by atoms with Gasteiger partial charge in [0.05, 0.1) is 0 Å². The Balaban J connectivity index is 2.22. The molecule has 0 spiro atoms. The quantitative estimate of drug-likeness (QED) is 0.859. The summed E-state index contributed by atoms with van der Waals surface area (Å²) in [4.78, 5) is 12.5. The molecule has 2 aromatic rings. The van der Waals surface area contributed by atoms with Crippen LogP contribution in [0.15, 0.2) is 42.5 Å². The number of rotatable bonds is 2. The zero-order valence-electron chi connectivity index (χ0n) is 11.9. The maximum Gasteiger partial charge on any atom is 0.255 e. The molecule has 2 nitrogen and oxygen atoms in total. The van der Waals surface area contributed by atoms with Gasteiger partial charge in [-0.15, -0.1) is 0 Å². The van der Waals surface area contributed by atoms with Crippen molar-refractivity contribution in [3.63, 3.8) is 0 Å². The number of hydrogen-bond acceptors (Lipinski definition) is 1. The third kappa shape index (κ3) is 2.01. The smallest absolute Gasteiger partial charge is 0.255 e. The summed E-state index contributed by atoms with van der Waals surface area (Å²) in [5, 5.41) is 3.06. The van der Waals surface area contributed by atoms with Gasteiger partial charge in [0.1, 0.15) is 0 Å². The summed E-state index contributed by atoms with van der Waals surface area (Å²) in [5.74, 6) is 0.296. The number of aryl methyl sites for hydroxylation is 1. The third-order valence-corrected chi connectivity index (χ3v) is 4.14. The second kappa shape index (κ2) is 5.12. The van der Waals surface area contributed by atoms with Crippen molar-refractivity contribution in [2.75, 3.05) is 5.32 Å². The zero-order valence-corrected chi connectivity index (χ0v) is 11.9. The lowest BCUT2D eigenvalue weighted by Gasteiger charge is -2.17. The Bertz CT molecular complexity index is 660. The first kappa shape index (κ1) is 12.9. The highest BCUT2D eigenvalue weighted by atomic mass is 16.1. The van der Waals surface area contributed by atoms with Gasteiger partial charge in [0.25, 0.3) is 5.91 Å². The van der Waals surface area contributed by atoms with Crippen LogP contribution < -0.4 is 5.32 Å². The molecule has 1 atom stereocenters. The Hall–Kier alpha value is -2.09. The van der Waals surface area contributed by atoms with Crippen LogP contribution in [0.25, 0.3) is 0 Å². The first-order chi connectivity index (χ1) is 9.74. The van der Waals surface area contributed by atoms with E-state index in [-0.39, 0.29) is 11.8 Å². The number of carbonyl (C=O) groups is 1. The normalized spacial score (nSPS) is 16.9. The molecule has 2 heteroatoms. The third-order valence-electron chi connectivity index (χ3n) is 4.14. The summed E-state index contributed by atoms with van der Waals surface area (Å²) < 4.78 is 0. The van der Waals surface area contributed by atoms with Crippen molar-refractivity contribution < 1.29 is 4.79 Å². The van der Waals surface area contributed by atoms with Crippen molar-refractivity contribution in [1.82, 2.24) is 0 Å². The highest BCUT2D eigenvalue weighted by Gasteiger charge is 2.26. The van der Waals surface area contributed by atoms with E-state index in [1.165, 1.54) is 11.1 Å². The highest BCUT2D eigenvalue weighted by molar-refractivity contribution is 6.07. The minimum Gasteiger partial charge on any atom is -0.322 e. The van der Waals surface area contributed by atoms with Gasteiger partial charge in [-0.2, -0.15) is 0 Å². The van der Waals surface area contributed by atoms with Crippen molar-refractivity contribution in [1.29, 1.82) is 0 Å². The molecule has 1 aliphatic heterocycles. The predicted molar refractivity (Wildman–Crippen MR) is 82.3 cm³/mol. The van der Waals surface area contributed by atoms with E-state index in [1.54, 1.807) is 0 Å². The fraction of sp³-hybridized carbons (Fsp3) is 0.278. The van der Waals surface area contributed by atoms with E-state index in [2.05, 4.69) is 37.4 Å². The van der Waals surface area contributed by atoms with Gasteiger partial charge in [-0.25, -0.2) is 0 Å². The number of para-hydroxylation sites is 1. The van der Waals surface area contributed by atoms with Gasteiger partial charge in [0, 0.05) is 17.2 Å². The molecule has 1 N–H and O–H groups in total. The average Bonchev–Trinajstić information content (AvgIpc) is 2.60. The summed E-state index contributed by atoms with van der Waals surface area (Å²) in [6, 6.07) is 14.4. The van der Waals surface area contributed by atoms with Crippen molar-refractivity contribution >= 4 is 11.6 Å². The van der Waals surface area contributed by atoms with Crippen LogP contribution in [0.4, 0.5) is 5.69 Å². The van der Waals surface area contributed by atoms with Gasteiger partial charge >= 0.3 is 0 Å². The Kier molecular flexibility index (Phi) is 3.31. The number of anilines is 1. The maximum atomic E-state index is 12.5. The van der Waals surface area contributed by atoms with Crippen LogP contribution in [0, 0.1) is 0 Å². The molecule has 0 radical (unpaired) electrons. The number of nitrogens with one attached hydrogen (secondary N) is 1. The lowest BCUT2D eigenvalue weighted by molar-refractivity contribution is 0.102. The van der Waals surface area contributed by atoms with Crippen LogP contribution in [-0.2, 0) is 6.42 Å². The van der Waals surface area contributed by atoms with Gasteiger partial charge in [0.2, 0.25) is 0 Å². The van der Waals surface area contributed by atoms with Gasteiger partial charge in [-0.1, -0.05) is 44.2 Å². The van der Waals surface area contributed by atoms with Gasteiger partial charge in [-0.3, -0.25) is 4.79 Å². The minimum atomic E-state index is 0.0127. The van der Waals surface area contributed by atoms with Crippen LogP contribution in [0.3, 0.4) is 0 Å². The second-order valence-electron chi connectivity index (χ2n) is 5.28. The molecular formula is C18H19NO. The van der Waals surface area contributed by atoms with Crippen molar-refractivity contribution in [3.05, 3.63) is 64.7 Å². The molecule has 0 saturated carbocycles. The van der Waals surface area contributed by atoms with Crippen molar-refractivity contribution in [2.45, 2.75) is 32.6 Å². The maximum absolute atomic E-state index is 12.5. The standard InChI is InChI=1S/C18H19NO/c1-3-12-9-10-14-13(4-2)15-7-5-6-8-17(15)19-18(20)16(14)11-12/h5-11,13H,3-4H2,1-2H3,(H,19,20). The fourth-order valence-corrected chi connectivity index (χ4v) is 3.04. The lowest BCUT2D eigenvalue weighted by Crippen LogP contribution is -2.12. The largest absolute Gasteiger partial charge is 0.322 e. The Morgan fingerprint density at radius 2 is 1.85 bits per heavy atom. The molecule has 1 heterocycles. The number of amides is 1. The topological polar surface area (TPSA) is 29.1 Å². The number of hydrogen-bond donors (Lipinski definition) is 1. The van der Waals surface area contributed by atoms with Crippen LogP contribution in [-0.4, -0.2) is 5.91 Å². The summed E-state index contributed by atoms with van der Waals surface area (Å²) in [5.41, 5.74) is 5.34. The van der Waals surface area contributed by atoms with Gasteiger partial charge in [0.15, 0.2) is 0 Å². The number of benzene rings is 2. The molecule has 3 rings (SSSR count). The summed E-state index contributed by atoms with van der Waals surface area (Å²) >= 11 is 0. The van der Waals surface area contributed by atoms with E-state index < -0.39 is 0 Å². The van der Waals surface area contributed by atoms with E-state index in [4.69, 9.17) is 0 Å². The summed E-state index contributed by atoms with van der Waals surface area (Å²) in [6.07, 6.45) is 1.94. The van der Waals surface area contributed by atoms with Crippen LogP contribution in [0.1, 0.15) is 53.2 Å². The van der Waals surface area contributed by atoms with Gasteiger partial charge < -0.3 is 5.32 Å². The van der Waals surface area contributed by atoms with E-state index in [0.717, 1.165) is 29.7 Å². The molecule has 0 aromatic heterocycles. The molecule has 1 unspecified atom stereocenters. The SMILES string of the molecule is CCc1ccc2c(c1)C(=O)Nc1ccccc1C2CC. The van der Waals surface area contributed by atoms with E-state index in [9.17, 15) is 4.79 Å². The zero-order chi connectivity index (χ0) is 14.1. The van der Waals surface area contributed by atoms with Crippen molar-refractivity contribution in [2.24, 2.45) is 0 Å². The summed E-state index contributed by atoms with van der Waals surface area (Å²) in [6.45, 7) is 4.29. The predicted octanol–water partition coefficient (Wildman–Crippen LogP) is 4.36. The van der Waals surface area contributed by atoms with Crippen LogP contribution >= 0.6 is 0 Å². The van der Waals surface area contributed by atoms with E-state index in [1.807, 2.05) is 24.3 Å². The molecule has 0 bridgehead atoms. The van der Waals surface area contributed by atoms with E-state index in [0.29, 0.717) is 0 Å². The molecule has 1 amide bonds.